The summed E-state index contributed by atoms with van der Waals surface area (Å²) in [5, 5.41) is 95.0. The van der Waals surface area contributed by atoms with Crippen molar-refractivity contribution in [1.29, 1.82) is 5.41 Å². The molecule has 3 rings (SSSR count). The number of unbranched alkanes of at least 4 members (excludes halogenated alkanes) is 2. The number of aromatic amines is 1. The summed E-state index contributed by atoms with van der Waals surface area (Å²) >= 11 is 8.37. The number of aliphatic hydroxyl groups excluding tert-OH is 1. The number of carboxylic acids is 3. The van der Waals surface area contributed by atoms with Gasteiger partial charge in [0.2, 0.25) is 88.6 Å². The Morgan fingerprint density at radius 3 is 1.43 bits per heavy atom. The first-order chi connectivity index (χ1) is 59.5. The molecule has 15 amide bonds. The first-order valence-electron chi connectivity index (χ1n) is 41.1. The number of thiol groups is 2. The second-order valence-electron chi connectivity index (χ2n) is 30.9. The molecule has 0 aliphatic carbocycles. The van der Waals surface area contributed by atoms with Gasteiger partial charge in [0.25, 0.3) is 0 Å². The number of carbonyl (C=O) groups is 18. The summed E-state index contributed by atoms with van der Waals surface area (Å²) in [6.45, 7) is 7.98. The maximum Gasteiger partial charge on any atom is 0.326 e. The molecule has 47 heteroatoms. The van der Waals surface area contributed by atoms with E-state index in [1.165, 1.54) is 24.3 Å². The molecule has 1 heterocycles. The second-order valence-corrected chi connectivity index (χ2v) is 31.6. The van der Waals surface area contributed by atoms with Gasteiger partial charge in [-0.15, -0.1) is 0 Å². The van der Waals surface area contributed by atoms with Crippen molar-refractivity contribution in [1.82, 2.24) is 84.7 Å². The van der Waals surface area contributed by atoms with Crippen LogP contribution in [0.3, 0.4) is 0 Å². The average molecular weight is 1810 g/mol. The summed E-state index contributed by atoms with van der Waals surface area (Å²) < 4.78 is 0. The molecule has 0 fully saturated rings. The van der Waals surface area contributed by atoms with Crippen LogP contribution in [0.2, 0.25) is 0 Å². The third kappa shape index (κ3) is 38.7. The molecule has 700 valence electrons. The molecule has 0 saturated carbocycles. The van der Waals surface area contributed by atoms with Gasteiger partial charge in [-0.3, -0.25) is 86.9 Å². The van der Waals surface area contributed by atoms with E-state index in [-0.39, 0.29) is 95.3 Å². The summed E-state index contributed by atoms with van der Waals surface area (Å²) in [4.78, 5) is 248. The largest absolute Gasteiger partial charge is 0.508 e. The van der Waals surface area contributed by atoms with E-state index < -0.39 is 259 Å². The number of guanidine groups is 1. The summed E-state index contributed by atoms with van der Waals surface area (Å²) in [5.74, 6) is -23.2. The third-order valence-electron chi connectivity index (χ3n) is 19.8. The number of aromatic hydroxyl groups is 1. The van der Waals surface area contributed by atoms with Crippen molar-refractivity contribution >= 4 is 149 Å². The number of aromatic nitrogens is 1. The molecule has 45 nitrogen and oxygen atoms in total. The smallest absolute Gasteiger partial charge is 0.326 e. The number of H-pyrrole nitrogens is 1. The van der Waals surface area contributed by atoms with Crippen LogP contribution in [0.4, 0.5) is 0 Å². The summed E-state index contributed by atoms with van der Waals surface area (Å²) in [6, 6.07) is -9.95. The van der Waals surface area contributed by atoms with Crippen LogP contribution in [0, 0.1) is 23.2 Å². The number of nitrogens with two attached hydrogens (primary N) is 5. The summed E-state index contributed by atoms with van der Waals surface area (Å²) in [6.07, 6.45) is -1.35. The Balaban J connectivity index is 1.92. The van der Waals surface area contributed by atoms with Gasteiger partial charge in [-0.1, -0.05) is 78.3 Å². The number of hydrogen-bond acceptors (Lipinski definition) is 26. The number of phenols is 1. The van der Waals surface area contributed by atoms with E-state index in [1.807, 2.05) is 0 Å². The Bertz CT molecular complexity index is 4220. The van der Waals surface area contributed by atoms with Crippen molar-refractivity contribution in [2.24, 2.45) is 46.4 Å². The third-order valence-corrected chi connectivity index (χ3v) is 20.6. The Morgan fingerprint density at radius 2 is 0.913 bits per heavy atom. The van der Waals surface area contributed by atoms with Crippen LogP contribution in [0.25, 0.3) is 10.9 Å². The van der Waals surface area contributed by atoms with Crippen LogP contribution in [-0.4, -0.2) is 272 Å². The quantitative estimate of drug-likeness (QED) is 0.0108. The fourth-order valence-corrected chi connectivity index (χ4v) is 13.1. The molecule has 15 atom stereocenters. The SMILES string of the molecule is CC[C@H](C)[C@H](NC(=O)[C@@H](NC(=O)[C@H](Cc1ccc(O)cc1)NC(=O)[C@H](CCCCN)NC(=O)[C@H](CS)NC(=O)[C@H](CC(C)C)NC(=O)[C@H](CCC(N)=O)NC(=O)[C@H](CCCNC(=N)N)NC(=O)[C@H](CO)NC(=O)[C@H](CCCCN)NC(=O)CNC(=O)[C@H](CS)NC(=O)[C@@H](N)CC(=O)O)C(C)C)C(=O)N[C@@H](CC(=O)O)C(=O)N[C@@H](Cc1c[nH]c2ccccc12)C(=O)O. The number of benzene rings is 2. The molecule has 0 saturated heterocycles. The number of primary amides is 1. The molecule has 32 N–H and O–H groups in total. The van der Waals surface area contributed by atoms with Gasteiger partial charge in [-0.05, 0) is 124 Å². The van der Waals surface area contributed by atoms with Crippen LogP contribution in [0.15, 0.2) is 54.7 Å². The number of nitrogens with one attached hydrogen (secondary N) is 17. The van der Waals surface area contributed by atoms with Crippen LogP contribution >= 0.6 is 25.3 Å². The lowest BCUT2D eigenvalue weighted by molar-refractivity contribution is -0.144. The van der Waals surface area contributed by atoms with Crippen molar-refractivity contribution in [3.8, 4) is 5.75 Å². The molecule has 0 unspecified atom stereocenters. The highest BCUT2D eigenvalue weighted by Crippen LogP contribution is 2.21. The first-order valence-corrected chi connectivity index (χ1v) is 42.3. The van der Waals surface area contributed by atoms with Gasteiger partial charge in [0, 0.05) is 54.4 Å². The van der Waals surface area contributed by atoms with Crippen molar-refractivity contribution in [3.05, 3.63) is 65.9 Å². The van der Waals surface area contributed by atoms with E-state index in [0.717, 1.165) is 0 Å². The molecule has 3 aromatic rings. The molecule has 1 aromatic heterocycles. The fourth-order valence-electron chi connectivity index (χ4n) is 12.6. The van der Waals surface area contributed by atoms with E-state index >= 15 is 0 Å². The summed E-state index contributed by atoms with van der Waals surface area (Å²) in [7, 11) is 0. The van der Waals surface area contributed by atoms with Gasteiger partial charge in [0.05, 0.1) is 32.0 Å². The van der Waals surface area contributed by atoms with Crippen molar-refractivity contribution in [2.75, 3.05) is 44.3 Å². The van der Waals surface area contributed by atoms with Gasteiger partial charge < -0.3 is 139 Å². The van der Waals surface area contributed by atoms with E-state index in [2.05, 4.69) is 110 Å². The topological polar surface area (TPSA) is 759 Å². The van der Waals surface area contributed by atoms with E-state index in [4.69, 9.17) is 39.2 Å². The highest BCUT2D eigenvalue weighted by atomic mass is 32.1. The number of carbonyl (C=O) groups excluding carboxylic acids is 15. The lowest BCUT2D eigenvalue weighted by Gasteiger charge is -2.30. The molecular weight excluding hydrogens is 1690 g/mol. The molecule has 0 aliphatic rings. The predicted molar refractivity (Wildman–Crippen MR) is 464 cm³/mol. The first kappa shape index (κ1) is 108. The van der Waals surface area contributed by atoms with Gasteiger partial charge in [-0.2, -0.15) is 25.3 Å². The number of fused-ring (bicyclic) bond motifs is 1. The minimum absolute atomic E-state index is 0.0372. The molecular formula is C79H124N22O23S2. The lowest BCUT2D eigenvalue weighted by atomic mass is 9.95. The van der Waals surface area contributed by atoms with Gasteiger partial charge in [-0.25, -0.2) is 4.79 Å². The Morgan fingerprint density at radius 1 is 0.468 bits per heavy atom. The van der Waals surface area contributed by atoms with Crippen LogP contribution in [0.5, 0.6) is 5.75 Å². The fraction of sp³-hybridized carbons (Fsp3) is 0.582. The Kier molecular flexibility index (Phi) is 48.2. The monoisotopic (exact) mass is 1810 g/mol. The van der Waals surface area contributed by atoms with Crippen LogP contribution in [-0.2, 0) is 99.1 Å². The van der Waals surface area contributed by atoms with Crippen molar-refractivity contribution in [3.63, 3.8) is 0 Å². The minimum atomic E-state index is -1.87. The zero-order chi connectivity index (χ0) is 94.6. The van der Waals surface area contributed by atoms with Crippen LogP contribution < -0.4 is 108 Å². The number of amides is 15. The highest BCUT2D eigenvalue weighted by Gasteiger charge is 2.40. The molecule has 126 heavy (non-hydrogen) atoms. The maximum atomic E-state index is 14.8. The second kappa shape index (κ2) is 56.1. The number of para-hydroxylation sites is 1. The zero-order valence-corrected chi connectivity index (χ0v) is 72.9. The summed E-state index contributed by atoms with van der Waals surface area (Å²) in [5.41, 5.74) is 29.7. The highest BCUT2D eigenvalue weighted by molar-refractivity contribution is 7.80. The van der Waals surface area contributed by atoms with Crippen molar-refractivity contribution < 1.29 is 112 Å². The molecule has 0 aliphatic heterocycles. The Hall–Kier alpha value is -12.0. The van der Waals surface area contributed by atoms with E-state index in [1.54, 1.807) is 72.0 Å². The normalized spacial score (nSPS) is 14.7. The maximum absolute atomic E-state index is 14.8. The molecule has 0 bridgehead atoms. The number of aliphatic carboxylic acids is 3. The average Bonchev–Trinajstić information content (AvgIpc) is 1.39. The lowest BCUT2D eigenvalue weighted by Crippen LogP contribution is -2.62. The number of aliphatic hydroxyl groups is 1. The van der Waals surface area contributed by atoms with Crippen molar-refractivity contribution in [2.45, 2.75) is 229 Å². The predicted octanol–water partition coefficient (Wildman–Crippen LogP) is -6.17. The van der Waals surface area contributed by atoms with E-state index in [9.17, 15) is 107 Å². The zero-order valence-electron chi connectivity index (χ0n) is 71.1. The minimum Gasteiger partial charge on any atom is -0.508 e. The van der Waals surface area contributed by atoms with Gasteiger partial charge in [0.1, 0.15) is 84.3 Å². The van der Waals surface area contributed by atoms with Gasteiger partial charge >= 0.3 is 17.9 Å². The Labute approximate surface area is 738 Å². The molecule has 2 aromatic carbocycles. The number of hydrogen-bond donors (Lipinski definition) is 29. The molecule has 0 radical (unpaired) electrons. The van der Waals surface area contributed by atoms with E-state index in [0.29, 0.717) is 34.9 Å². The van der Waals surface area contributed by atoms with Crippen LogP contribution in [0.1, 0.15) is 143 Å². The van der Waals surface area contributed by atoms with Gasteiger partial charge in [0.15, 0.2) is 5.96 Å². The number of rotatable bonds is 60. The molecule has 0 spiro atoms. The number of carboxylic acid groups (broad SMARTS) is 3. The number of phenolic OH excluding ortho intramolecular Hbond substituents is 1. The standard InChI is InChI=1S/C79H124N22O23S2/c1-7-41(6)64(77(122)95-54(33-62(108)109)72(117)96-55(78(123)124)31-43-34-87-47-16-9-8-15-45(43)47)101-76(121)63(40(4)5)100-73(118)53(30-42-20-22-44(103)23-21-42)94-69(114)49(18-11-13-27-81)91-75(120)58(38-126)99-71(116)52(29-39(2)3)93-70(115)51(24-25-59(83)104)92-68(113)50(19-14-28-86-79(84)85)90-74(119)56(36-102)97-67(112)48(17-10-12-26-80)89-60(105)35-88-66(111)57(37-125)98-65(110)46(82)32-61(106)107/h8-9,15-16,20-23,34,39-41,46,48-58,63-64,87,102-103,125-126H,7,10-14,17-19,24-33,35-38,80-82H2,1-6H3,(H2,83,104)(H,88,111)(H,89,105)(H,90,119)(H,91,120)(H,92,113)(H,93,115)(H,94,114)(H,95,122)(H,96,117)(H,97,112)(H,98,110)(H,99,116)(H,100,118)(H,101,121)(H,106,107)(H,108,109)(H,123,124)(H4,84,85,86)/t41-,46-,48-,49-,50-,51-,52-,53-,54-,55-,56-,57-,58-,63-,64-/m0/s1.